The van der Waals surface area contributed by atoms with Crippen LogP contribution in [0.2, 0.25) is 0 Å². The minimum absolute atomic E-state index is 0.474. The third-order valence-electron chi connectivity index (χ3n) is 2.74. The summed E-state index contributed by atoms with van der Waals surface area (Å²) >= 11 is 0. The van der Waals surface area contributed by atoms with Gasteiger partial charge >= 0.3 is 0 Å². The van der Waals surface area contributed by atoms with Gasteiger partial charge in [0.2, 0.25) is 0 Å². The summed E-state index contributed by atoms with van der Waals surface area (Å²) in [6.45, 7) is 0.712. The van der Waals surface area contributed by atoms with Gasteiger partial charge in [-0.3, -0.25) is 5.32 Å². The summed E-state index contributed by atoms with van der Waals surface area (Å²) in [6.07, 6.45) is 4.05. The summed E-state index contributed by atoms with van der Waals surface area (Å²) < 4.78 is 5.30. The molecule has 0 aliphatic carbocycles. The van der Waals surface area contributed by atoms with E-state index in [4.69, 9.17) is 10.00 Å². The predicted octanol–water partition coefficient (Wildman–Crippen LogP) is 2.03. The molecule has 0 atom stereocenters. The van der Waals surface area contributed by atoms with E-state index in [1.165, 1.54) is 6.33 Å². The first-order valence-corrected chi connectivity index (χ1v) is 6.16. The number of nitriles is 1. The zero-order valence-electron chi connectivity index (χ0n) is 11.1. The molecule has 1 aromatic heterocycles. The van der Waals surface area contributed by atoms with E-state index in [0.29, 0.717) is 18.2 Å². The van der Waals surface area contributed by atoms with Gasteiger partial charge in [0.05, 0.1) is 7.11 Å². The van der Waals surface area contributed by atoms with Crippen LogP contribution in [0.5, 0.6) is 5.75 Å². The van der Waals surface area contributed by atoms with Gasteiger partial charge in [-0.2, -0.15) is 5.26 Å². The van der Waals surface area contributed by atoms with Crippen LogP contribution >= 0.6 is 0 Å². The van der Waals surface area contributed by atoms with Gasteiger partial charge in [0.25, 0.3) is 0 Å². The number of nitrogens with one attached hydrogen (secondary N) is 2. The number of nitrogens with zero attached hydrogens (tertiary/aromatic N) is 3. The quantitative estimate of drug-likeness (QED) is 0.616. The molecule has 6 nitrogen and oxygen atoms in total. The Kier molecular flexibility index (Phi) is 4.73. The number of aromatic nitrogens is 2. The number of benzene rings is 1. The zero-order chi connectivity index (χ0) is 14.2. The van der Waals surface area contributed by atoms with Crippen molar-refractivity contribution in [1.82, 2.24) is 9.97 Å². The molecule has 102 valence electrons. The molecule has 2 aromatic rings. The molecule has 2 rings (SSSR count). The fourth-order valence-electron chi connectivity index (χ4n) is 1.81. The van der Waals surface area contributed by atoms with E-state index in [-0.39, 0.29) is 0 Å². The highest BCUT2D eigenvalue weighted by atomic mass is 16.5. The molecule has 0 aliphatic heterocycles. The molecule has 0 aliphatic rings. The molecule has 0 saturated heterocycles. The summed E-state index contributed by atoms with van der Waals surface area (Å²) in [7, 11) is 1.66. The van der Waals surface area contributed by atoms with E-state index in [1.54, 1.807) is 13.2 Å². The Morgan fingerprint density at radius 1 is 1.25 bits per heavy atom. The van der Waals surface area contributed by atoms with Crippen molar-refractivity contribution < 1.29 is 4.74 Å². The third-order valence-corrected chi connectivity index (χ3v) is 2.74. The first-order chi connectivity index (χ1) is 9.83. The van der Waals surface area contributed by atoms with Crippen LogP contribution in [-0.2, 0) is 6.42 Å². The SMILES string of the molecule is COc1ccccc1CCNc1cc(NC#N)ncn1. The largest absolute Gasteiger partial charge is 0.496 e. The second-order valence-electron chi connectivity index (χ2n) is 4.01. The number of methoxy groups -OCH3 is 1. The van der Waals surface area contributed by atoms with E-state index < -0.39 is 0 Å². The van der Waals surface area contributed by atoms with Crippen molar-refractivity contribution in [2.45, 2.75) is 6.42 Å². The van der Waals surface area contributed by atoms with Gasteiger partial charge in [0, 0.05) is 12.6 Å². The van der Waals surface area contributed by atoms with E-state index >= 15 is 0 Å². The van der Waals surface area contributed by atoms with Gasteiger partial charge in [-0.05, 0) is 18.1 Å². The highest BCUT2D eigenvalue weighted by Crippen LogP contribution is 2.17. The Morgan fingerprint density at radius 3 is 2.85 bits per heavy atom. The number of rotatable bonds is 6. The lowest BCUT2D eigenvalue weighted by Crippen LogP contribution is -2.07. The van der Waals surface area contributed by atoms with Crippen molar-refractivity contribution in [3.8, 4) is 11.9 Å². The van der Waals surface area contributed by atoms with Crippen molar-refractivity contribution in [2.24, 2.45) is 0 Å². The van der Waals surface area contributed by atoms with Gasteiger partial charge in [-0.25, -0.2) is 9.97 Å². The lowest BCUT2D eigenvalue weighted by molar-refractivity contribution is 0.410. The highest BCUT2D eigenvalue weighted by Gasteiger charge is 2.02. The van der Waals surface area contributed by atoms with Crippen LogP contribution in [0.3, 0.4) is 0 Å². The Hall–Kier alpha value is -2.81. The van der Waals surface area contributed by atoms with Crippen LogP contribution in [0, 0.1) is 11.5 Å². The molecule has 0 amide bonds. The van der Waals surface area contributed by atoms with Crippen molar-refractivity contribution in [3.05, 3.63) is 42.2 Å². The Balaban J connectivity index is 1.93. The molecule has 20 heavy (non-hydrogen) atoms. The number of anilines is 2. The molecule has 0 bridgehead atoms. The van der Waals surface area contributed by atoms with Crippen molar-refractivity contribution in [1.29, 1.82) is 5.26 Å². The first kappa shape index (κ1) is 13.6. The maximum Gasteiger partial charge on any atom is 0.182 e. The molecular formula is C14H15N5O. The standard InChI is InChI=1S/C14H15N5O/c1-20-12-5-3-2-4-11(12)6-7-16-13-8-14(17-9-15)19-10-18-13/h2-5,8,10H,6-7H2,1H3,(H2,16,17,18,19). The number of hydrogen-bond acceptors (Lipinski definition) is 6. The summed E-state index contributed by atoms with van der Waals surface area (Å²) in [5.74, 6) is 2.03. The van der Waals surface area contributed by atoms with Gasteiger partial charge in [-0.1, -0.05) is 18.2 Å². The van der Waals surface area contributed by atoms with Gasteiger partial charge in [0.15, 0.2) is 6.19 Å². The molecule has 6 heteroatoms. The average Bonchev–Trinajstić information content (AvgIpc) is 2.48. The van der Waals surface area contributed by atoms with Gasteiger partial charge in [0.1, 0.15) is 23.7 Å². The average molecular weight is 269 g/mol. The second kappa shape index (κ2) is 6.95. The fourth-order valence-corrected chi connectivity index (χ4v) is 1.81. The maximum atomic E-state index is 8.54. The molecule has 0 unspecified atom stereocenters. The normalized spacial score (nSPS) is 9.60. The van der Waals surface area contributed by atoms with Crippen molar-refractivity contribution in [3.63, 3.8) is 0 Å². The first-order valence-electron chi connectivity index (χ1n) is 6.16. The van der Waals surface area contributed by atoms with E-state index in [0.717, 1.165) is 17.7 Å². The van der Waals surface area contributed by atoms with Crippen LogP contribution in [0.25, 0.3) is 0 Å². The minimum Gasteiger partial charge on any atom is -0.496 e. The van der Waals surface area contributed by atoms with E-state index in [2.05, 4.69) is 20.6 Å². The second-order valence-corrected chi connectivity index (χ2v) is 4.01. The molecule has 0 saturated carbocycles. The molecule has 0 fully saturated rings. The van der Waals surface area contributed by atoms with E-state index in [1.807, 2.05) is 30.5 Å². The molecule has 2 N–H and O–H groups in total. The van der Waals surface area contributed by atoms with Crippen LogP contribution in [-0.4, -0.2) is 23.6 Å². The van der Waals surface area contributed by atoms with Crippen molar-refractivity contribution >= 4 is 11.6 Å². The third kappa shape index (κ3) is 3.59. The lowest BCUT2D eigenvalue weighted by Gasteiger charge is -2.09. The van der Waals surface area contributed by atoms with Gasteiger partial charge in [-0.15, -0.1) is 0 Å². The monoisotopic (exact) mass is 269 g/mol. The zero-order valence-corrected chi connectivity index (χ0v) is 11.1. The maximum absolute atomic E-state index is 8.54. The van der Waals surface area contributed by atoms with Crippen LogP contribution in [0.4, 0.5) is 11.6 Å². The van der Waals surface area contributed by atoms with Gasteiger partial charge < -0.3 is 10.1 Å². The van der Waals surface area contributed by atoms with Crippen LogP contribution in [0.1, 0.15) is 5.56 Å². The predicted molar refractivity (Wildman–Crippen MR) is 76.5 cm³/mol. The van der Waals surface area contributed by atoms with Crippen molar-refractivity contribution in [2.75, 3.05) is 24.3 Å². The highest BCUT2D eigenvalue weighted by molar-refractivity contribution is 5.48. The summed E-state index contributed by atoms with van der Waals surface area (Å²) in [5.41, 5.74) is 1.13. The smallest absolute Gasteiger partial charge is 0.182 e. The molecular weight excluding hydrogens is 254 g/mol. The number of ether oxygens (including phenoxy) is 1. The molecule has 0 spiro atoms. The lowest BCUT2D eigenvalue weighted by atomic mass is 10.1. The number of hydrogen-bond donors (Lipinski definition) is 2. The molecule has 1 heterocycles. The molecule has 1 aromatic carbocycles. The van der Waals surface area contributed by atoms with Crippen LogP contribution in [0.15, 0.2) is 36.7 Å². The fraction of sp³-hybridized carbons (Fsp3) is 0.214. The summed E-state index contributed by atoms with van der Waals surface area (Å²) in [4.78, 5) is 8.01. The minimum atomic E-state index is 0.474. The number of para-hydroxylation sites is 1. The Morgan fingerprint density at radius 2 is 2.05 bits per heavy atom. The summed E-state index contributed by atoms with van der Waals surface area (Å²) in [5, 5.41) is 14.2. The molecule has 0 radical (unpaired) electrons. The topological polar surface area (TPSA) is 82.9 Å². The van der Waals surface area contributed by atoms with E-state index in [9.17, 15) is 0 Å². The Labute approximate surface area is 117 Å². The summed E-state index contributed by atoms with van der Waals surface area (Å²) in [6, 6.07) is 9.58. The van der Waals surface area contributed by atoms with Crippen LogP contribution < -0.4 is 15.4 Å². The Bertz CT molecular complexity index is 609.